The lowest BCUT2D eigenvalue weighted by Crippen LogP contribution is -2.40. The maximum atomic E-state index is 2.31. The first-order chi connectivity index (χ1) is 11.4. The maximum Gasteiger partial charge on any atom is 0.277 e. The quantitative estimate of drug-likeness (QED) is 0.633. The summed E-state index contributed by atoms with van der Waals surface area (Å²) in [5.74, 6) is 0. The van der Waals surface area contributed by atoms with Crippen molar-refractivity contribution in [1.29, 1.82) is 0 Å². The summed E-state index contributed by atoms with van der Waals surface area (Å²) in [6.07, 6.45) is 2.13. The highest BCUT2D eigenvalue weighted by atomic mass is 15.0. The second-order valence-electron chi connectivity index (χ2n) is 6.88. The van der Waals surface area contributed by atoms with E-state index in [9.17, 15) is 0 Å². The topological polar surface area (TPSA) is 7.76 Å². The van der Waals surface area contributed by atoms with Gasteiger partial charge in [-0.2, -0.15) is 9.13 Å². The molecule has 0 N–H and O–H groups in total. The fraction of sp³-hybridized carbons (Fsp3) is 0.273. The molecule has 0 bridgehead atoms. The number of hydrogen-bond donors (Lipinski definition) is 0. The van der Waals surface area contributed by atoms with Crippen molar-refractivity contribution in [2.24, 2.45) is 14.1 Å². The van der Waals surface area contributed by atoms with Crippen LogP contribution in [0.5, 0.6) is 0 Å². The standard InChI is InChI=1S/C22H26N2/c1-15-7-8-18(4)19(11-15)20-13-17(3)14-22(24(20)6)21-12-16(2)9-10-23(21)5/h7-14H,1-6H3/q+2. The van der Waals surface area contributed by atoms with Gasteiger partial charge in [0.05, 0.1) is 0 Å². The van der Waals surface area contributed by atoms with E-state index < -0.39 is 0 Å². The van der Waals surface area contributed by atoms with Crippen molar-refractivity contribution in [3.63, 3.8) is 0 Å². The van der Waals surface area contributed by atoms with Gasteiger partial charge in [0.15, 0.2) is 6.20 Å². The summed E-state index contributed by atoms with van der Waals surface area (Å²) in [4.78, 5) is 0. The van der Waals surface area contributed by atoms with E-state index in [0.717, 1.165) is 0 Å². The van der Waals surface area contributed by atoms with Crippen molar-refractivity contribution < 1.29 is 9.13 Å². The molecule has 2 nitrogen and oxygen atoms in total. The summed E-state index contributed by atoms with van der Waals surface area (Å²) in [5, 5.41) is 0. The molecule has 0 saturated carbocycles. The molecule has 0 atom stereocenters. The van der Waals surface area contributed by atoms with Gasteiger partial charge in [-0.25, -0.2) is 0 Å². The van der Waals surface area contributed by atoms with Gasteiger partial charge in [-0.05, 0) is 50.5 Å². The second-order valence-corrected chi connectivity index (χ2v) is 6.88. The molecular formula is C22H26N2+2. The fourth-order valence-electron chi connectivity index (χ4n) is 3.24. The molecular weight excluding hydrogens is 292 g/mol. The highest BCUT2D eigenvalue weighted by Crippen LogP contribution is 2.25. The Labute approximate surface area is 145 Å². The molecule has 0 aliphatic carbocycles. The van der Waals surface area contributed by atoms with Crippen molar-refractivity contribution in [2.75, 3.05) is 0 Å². The van der Waals surface area contributed by atoms with Gasteiger partial charge in [0.1, 0.15) is 14.1 Å². The van der Waals surface area contributed by atoms with Crippen LogP contribution in [0.2, 0.25) is 0 Å². The van der Waals surface area contributed by atoms with Crippen LogP contribution in [0, 0.1) is 27.7 Å². The zero-order chi connectivity index (χ0) is 17.4. The number of nitrogens with zero attached hydrogens (tertiary/aromatic N) is 2. The van der Waals surface area contributed by atoms with Crippen LogP contribution in [0.3, 0.4) is 0 Å². The van der Waals surface area contributed by atoms with E-state index >= 15 is 0 Å². The zero-order valence-corrected chi connectivity index (χ0v) is 15.5. The lowest BCUT2D eigenvalue weighted by Gasteiger charge is -2.09. The van der Waals surface area contributed by atoms with E-state index in [1.54, 1.807) is 0 Å². The van der Waals surface area contributed by atoms with Crippen LogP contribution in [-0.4, -0.2) is 0 Å². The molecule has 122 valence electrons. The van der Waals surface area contributed by atoms with E-state index in [4.69, 9.17) is 0 Å². The predicted molar refractivity (Wildman–Crippen MR) is 98.6 cm³/mol. The van der Waals surface area contributed by atoms with Gasteiger partial charge in [0.25, 0.3) is 11.4 Å². The monoisotopic (exact) mass is 318 g/mol. The Kier molecular flexibility index (Phi) is 4.23. The third-order valence-electron chi connectivity index (χ3n) is 4.69. The molecule has 2 aromatic heterocycles. The number of aryl methyl sites for hydroxylation is 5. The Morgan fingerprint density at radius 1 is 0.625 bits per heavy atom. The van der Waals surface area contributed by atoms with Crippen LogP contribution in [0.1, 0.15) is 22.3 Å². The lowest BCUT2D eigenvalue weighted by atomic mass is 10.00. The largest absolute Gasteiger partial charge is 0.277 e. The van der Waals surface area contributed by atoms with Crippen molar-refractivity contribution >= 4 is 0 Å². The first-order valence-corrected chi connectivity index (χ1v) is 8.42. The third kappa shape index (κ3) is 2.96. The summed E-state index contributed by atoms with van der Waals surface area (Å²) < 4.78 is 4.50. The Hall–Kier alpha value is -2.48. The van der Waals surface area contributed by atoms with Crippen LogP contribution < -0.4 is 9.13 Å². The summed E-state index contributed by atoms with van der Waals surface area (Å²) in [6, 6.07) is 15.6. The number of hydrogen-bond acceptors (Lipinski definition) is 0. The Morgan fingerprint density at radius 2 is 1.25 bits per heavy atom. The average Bonchev–Trinajstić information content (AvgIpc) is 2.54. The highest BCUT2D eigenvalue weighted by Gasteiger charge is 2.24. The summed E-state index contributed by atoms with van der Waals surface area (Å²) in [7, 11) is 4.27. The van der Waals surface area contributed by atoms with E-state index in [1.165, 1.54) is 44.9 Å². The number of aromatic nitrogens is 2. The predicted octanol–water partition coefficient (Wildman–Crippen LogP) is 3.90. The van der Waals surface area contributed by atoms with Gasteiger partial charge >= 0.3 is 0 Å². The third-order valence-corrected chi connectivity index (χ3v) is 4.69. The van der Waals surface area contributed by atoms with Crippen molar-refractivity contribution in [3.05, 3.63) is 70.9 Å². The maximum absolute atomic E-state index is 2.31. The minimum Gasteiger partial charge on any atom is -0.196 e. The molecule has 0 spiro atoms. The molecule has 2 heterocycles. The van der Waals surface area contributed by atoms with Gasteiger partial charge in [-0.1, -0.05) is 17.7 Å². The van der Waals surface area contributed by atoms with Gasteiger partial charge in [-0.3, -0.25) is 0 Å². The zero-order valence-electron chi connectivity index (χ0n) is 15.5. The first-order valence-electron chi connectivity index (χ1n) is 8.42. The van der Waals surface area contributed by atoms with Crippen molar-refractivity contribution in [1.82, 2.24) is 0 Å². The van der Waals surface area contributed by atoms with Crippen LogP contribution in [0.25, 0.3) is 22.6 Å². The second kappa shape index (κ2) is 6.20. The average molecular weight is 318 g/mol. The van der Waals surface area contributed by atoms with E-state index in [2.05, 4.69) is 99.6 Å². The molecule has 24 heavy (non-hydrogen) atoms. The minimum absolute atomic E-state index is 1.23. The molecule has 3 rings (SSSR count). The van der Waals surface area contributed by atoms with Crippen LogP contribution in [0.4, 0.5) is 0 Å². The Morgan fingerprint density at radius 3 is 2.00 bits per heavy atom. The molecule has 1 aromatic carbocycles. The van der Waals surface area contributed by atoms with E-state index in [0.29, 0.717) is 0 Å². The molecule has 0 saturated heterocycles. The number of benzene rings is 1. The van der Waals surface area contributed by atoms with Gasteiger partial charge < -0.3 is 0 Å². The van der Waals surface area contributed by atoms with E-state index in [-0.39, 0.29) is 0 Å². The SMILES string of the molecule is Cc1ccc(C)c(-c2cc(C)cc(-c3cc(C)cc[n+]3C)[n+]2C)c1. The molecule has 3 aromatic rings. The minimum atomic E-state index is 1.23. The molecule has 0 unspecified atom stereocenters. The van der Waals surface area contributed by atoms with Gasteiger partial charge in [0, 0.05) is 29.8 Å². The van der Waals surface area contributed by atoms with Gasteiger partial charge in [0.2, 0.25) is 5.69 Å². The van der Waals surface area contributed by atoms with Crippen molar-refractivity contribution in [3.8, 4) is 22.6 Å². The van der Waals surface area contributed by atoms with E-state index in [1.807, 2.05) is 0 Å². The molecule has 0 radical (unpaired) electrons. The molecule has 0 aliphatic heterocycles. The Bertz CT molecular complexity index is 851. The number of pyridine rings is 2. The molecule has 0 amide bonds. The van der Waals surface area contributed by atoms with Gasteiger partial charge in [-0.15, -0.1) is 0 Å². The normalized spacial score (nSPS) is 10.9. The van der Waals surface area contributed by atoms with Crippen LogP contribution in [0.15, 0.2) is 48.7 Å². The highest BCUT2D eigenvalue weighted by molar-refractivity contribution is 5.64. The first kappa shape index (κ1) is 16.4. The summed E-state index contributed by atoms with van der Waals surface area (Å²) in [5.41, 5.74) is 10.2. The lowest BCUT2D eigenvalue weighted by molar-refractivity contribution is -0.685. The summed E-state index contributed by atoms with van der Waals surface area (Å²) >= 11 is 0. The van der Waals surface area contributed by atoms with Crippen LogP contribution >= 0.6 is 0 Å². The van der Waals surface area contributed by atoms with Crippen LogP contribution in [-0.2, 0) is 14.1 Å². The smallest absolute Gasteiger partial charge is 0.196 e. The molecule has 2 heteroatoms. The van der Waals surface area contributed by atoms with Crippen molar-refractivity contribution in [2.45, 2.75) is 27.7 Å². The Balaban J connectivity index is 2.30. The molecule has 0 aliphatic rings. The molecule has 0 fully saturated rings. The number of rotatable bonds is 2. The fourth-order valence-corrected chi connectivity index (χ4v) is 3.24. The summed E-state index contributed by atoms with van der Waals surface area (Å²) in [6.45, 7) is 8.66.